The molecule has 41 heavy (non-hydrogen) atoms. The van der Waals surface area contributed by atoms with Gasteiger partial charge in [0.05, 0.1) is 11.3 Å². The maximum atomic E-state index is 13.0. The van der Waals surface area contributed by atoms with E-state index in [-0.39, 0.29) is 18.4 Å². The van der Waals surface area contributed by atoms with E-state index in [4.69, 9.17) is 15.5 Å². The van der Waals surface area contributed by atoms with E-state index in [1.165, 1.54) is 6.07 Å². The SMILES string of the molecule is Cc1ccc(OCc2ccc(-c3ccc(C(F)(F)F)cc3O)cc2C)c(-c2csc(N3CCC(C(N)=O)CC3)n2)c1. The lowest BCUT2D eigenvalue weighted by Gasteiger charge is -2.30. The third kappa shape index (κ3) is 6.32. The van der Waals surface area contributed by atoms with Gasteiger partial charge in [-0.3, -0.25) is 4.79 Å². The number of carbonyl (C=O) groups is 1. The molecule has 0 spiro atoms. The number of alkyl halides is 3. The van der Waals surface area contributed by atoms with Crippen molar-refractivity contribution in [1.82, 2.24) is 4.98 Å². The molecular weight excluding hydrogens is 551 g/mol. The molecule has 10 heteroatoms. The molecule has 214 valence electrons. The lowest BCUT2D eigenvalue weighted by molar-refractivity contribution is -0.137. The number of amides is 1. The number of ether oxygens (including phenoxy) is 1. The predicted octanol–water partition coefficient (Wildman–Crippen LogP) is 7.10. The van der Waals surface area contributed by atoms with Crippen LogP contribution in [0.15, 0.2) is 60.0 Å². The number of aryl methyl sites for hydroxylation is 2. The van der Waals surface area contributed by atoms with E-state index in [2.05, 4.69) is 4.90 Å². The zero-order chi connectivity index (χ0) is 29.3. The minimum absolute atomic E-state index is 0.0828. The van der Waals surface area contributed by atoms with Crippen LogP contribution in [0.4, 0.5) is 18.3 Å². The molecule has 0 bridgehead atoms. The summed E-state index contributed by atoms with van der Waals surface area (Å²) in [5.74, 6) is -0.0645. The van der Waals surface area contributed by atoms with Crippen LogP contribution in [-0.4, -0.2) is 29.1 Å². The molecule has 0 saturated carbocycles. The van der Waals surface area contributed by atoms with E-state index in [9.17, 15) is 23.1 Å². The van der Waals surface area contributed by atoms with Crippen LogP contribution < -0.4 is 15.4 Å². The zero-order valence-corrected chi connectivity index (χ0v) is 23.5. The number of thiazole rings is 1. The summed E-state index contributed by atoms with van der Waals surface area (Å²) in [7, 11) is 0. The second-order valence-corrected chi connectivity index (χ2v) is 11.2. The third-order valence-corrected chi connectivity index (χ3v) is 8.33. The molecule has 1 aliphatic rings. The number of nitrogens with two attached hydrogens (primary N) is 1. The summed E-state index contributed by atoms with van der Waals surface area (Å²) in [5, 5.41) is 13.2. The summed E-state index contributed by atoms with van der Waals surface area (Å²) in [6.07, 6.45) is -3.08. The van der Waals surface area contributed by atoms with E-state index >= 15 is 0 Å². The Hall–Kier alpha value is -4.05. The Morgan fingerprint density at radius 3 is 2.49 bits per heavy atom. The van der Waals surface area contributed by atoms with Crippen molar-refractivity contribution in [3.05, 3.63) is 82.2 Å². The van der Waals surface area contributed by atoms with Crippen LogP contribution in [-0.2, 0) is 17.6 Å². The number of nitrogens with zero attached hydrogens (tertiary/aromatic N) is 2. The number of benzene rings is 3. The van der Waals surface area contributed by atoms with Crippen LogP contribution in [0, 0.1) is 19.8 Å². The van der Waals surface area contributed by atoms with Gasteiger partial charge in [-0.1, -0.05) is 35.9 Å². The summed E-state index contributed by atoms with van der Waals surface area (Å²) >= 11 is 1.56. The molecule has 1 aromatic heterocycles. The maximum Gasteiger partial charge on any atom is 0.416 e. The Morgan fingerprint density at radius 1 is 1.07 bits per heavy atom. The number of aromatic hydroxyl groups is 1. The highest BCUT2D eigenvalue weighted by Gasteiger charge is 2.31. The number of piperidine rings is 1. The smallest absolute Gasteiger partial charge is 0.416 e. The molecule has 3 aromatic carbocycles. The van der Waals surface area contributed by atoms with E-state index < -0.39 is 17.5 Å². The first kappa shape index (κ1) is 28.5. The lowest BCUT2D eigenvalue weighted by atomic mass is 9.97. The van der Waals surface area contributed by atoms with E-state index in [0.29, 0.717) is 16.9 Å². The van der Waals surface area contributed by atoms with Crippen LogP contribution >= 0.6 is 11.3 Å². The van der Waals surface area contributed by atoms with Crippen molar-refractivity contribution in [2.45, 2.75) is 39.5 Å². The molecule has 0 atom stereocenters. The Balaban J connectivity index is 1.31. The number of anilines is 1. The van der Waals surface area contributed by atoms with Crippen molar-refractivity contribution >= 4 is 22.4 Å². The van der Waals surface area contributed by atoms with Crippen molar-refractivity contribution in [2.75, 3.05) is 18.0 Å². The number of carbonyl (C=O) groups excluding carboxylic acids is 1. The first-order valence-corrected chi connectivity index (χ1v) is 14.1. The first-order valence-electron chi connectivity index (χ1n) is 13.2. The fraction of sp³-hybridized carbons (Fsp3) is 0.290. The summed E-state index contributed by atoms with van der Waals surface area (Å²) in [6.45, 7) is 5.65. The highest BCUT2D eigenvalue weighted by molar-refractivity contribution is 7.14. The van der Waals surface area contributed by atoms with Gasteiger partial charge in [-0.25, -0.2) is 4.98 Å². The first-order chi connectivity index (χ1) is 19.5. The van der Waals surface area contributed by atoms with Crippen molar-refractivity contribution in [2.24, 2.45) is 11.7 Å². The Morgan fingerprint density at radius 2 is 1.83 bits per heavy atom. The summed E-state index contributed by atoms with van der Waals surface area (Å²) in [6, 6.07) is 14.4. The summed E-state index contributed by atoms with van der Waals surface area (Å²) < 4.78 is 45.2. The number of rotatable bonds is 7. The largest absolute Gasteiger partial charge is 0.507 e. The lowest BCUT2D eigenvalue weighted by Crippen LogP contribution is -2.38. The van der Waals surface area contributed by atoms with Gasteiger partial charge in [0.2, 0.25) is 5.91 Å². The molecule has 5 rings (SSSR count). The molecule has 0 aliphatic carbocycles. The number of phenols is 1. The number of primary amides is 1. The third-order valence-electron chi connectivity index (χ3n) is 7.43. The summed E-state index contributed by atoms with van der Waals surface area (Å²) in [5.41, 5.74) is 10.1. The van der Waals surface area contributed by atoms with Gasteiger partial charge in [0.15, 0.2) is 5.13 Å². The highest BCUT2D eigenvalue weighted by Crippen LogP contribution is 2.38. The molecule has 4 aromatic rings. The van der Waals surface area contributed by atoms with Gasteiger partial charge in [-0.2, -0.15) is 13.2 Å². The molecule has 1 fully saturated rings. The monoisotopic (exact) mass is 581 g/mol. The quantitative estimate of drug-likeness (QED) is 0.243. The molecule has 1 aliphatic heterocycles. The molecule has 1 saturated heterocycles. The van der Waals surface area contributed by atoms with Crippen molar-refractivity contribution in [3.63, 3.8) is 0 Å². The van der Waals surface area contributed by atoms with Crippen LogP contribution in [0.1, 0.15) is 35.1 Å². The van der Waals surface area contributed by atoms with Crippen LogP contribution in [0.5, 0.6) is 11.5 Å². The van der Waals surface area contributed by atoms with Gasteiger partial charge >= 0.3 is 6.18 Å². The van der Waals surface area contributed by atoms with Crippen LogP contribution in [0.2, 0.25) is 0 Å². The highest BCUT2D eigenvalue weighted by atomic mass is 32.1. The molecular formula is C31H30F3N3O3S. The Labute approximate surface area is 240 Å². The number of halogens is 3. The van der Waals surface area contributed by atoms with Gasteiger partial charge < -0.3 is 20.5 Å². The van der Waals surface area contributed by atoms with E-state index in [1.54, 1.807) is 17.4 Å². The molecule has 3 N–H and O–H groups in total. The normalized spacial score (nSPS) is 14.3. The van der Waals surface area contributed by atoms with Crippen LogP contribution in [0.25, 0.3) is 22.4 Å². The van der Waals surface area contributed by atoms with Crippen molar-refractivity contribution in [3.8, 4) is 33.9 Å². The van der Waals surface area contributed by atoms with Gasteiger partial charge in [-0.05, 0) is 67.6 Å². The standard InChI is InChI=1S/C31H30F3N3O3S/c1-18-3-8-28(25(13-18)26-17-41-30(36-26)37-11-9-20(10-12-37)29(35)39)40-16-22-5-4-21(14-19(22)2)24-7-6-23(15-27(24)38)31(32,33)34/h3-8,13-15,17,20,38H,9-12,16H2,1-2H3,(H2,35,39). The second-order valence-electron chi connectivity index (χ2n) is 10.3. The van der Waals surface area contributed by atoms with Gasteiger partial charge in [0.25, 0.3) is 0 Å². The molecule has 1 amide bonds. The number of hydrogen-bond acceptors (Lipinski definition) is 6. The molecule has 0 radical (unpaired) electrons. The molecule has 6 nitrogen and oxygen atoms in total. The number of aromatic nitrogens is 1. The van der Waals surface area contributed by atoms with E-state index in [0.717, 1.165) is 71.1 Å². The topological polar surface area (TPSA) is 88.7 Å². The zero-order valence-electron chi connectivity index (χ0n) is 22.7. The summed E-state index contributed by atoms with van der Waals surface area (Å²) in [4.78, 5) is 18.6. The Bertz CT molecular complexity index is 1580. The van der Waals surface area contributed by atoms with Crippen molar-refractivity contribution < 1.29 is 27.8 Å². The molecule has 0 unspecified atom stereocenters. The van der Waals surface area contributed by atoms with E-state index in [1.807, 2.05) is 49.6 Å². The molecule has 2 heterocycles. The maximum absolute atomic E-state index is 13.0. The van der Waals surface area contributed by atoms with Gasteiger partial charge in [0, 0.05) is 35.5 Å². The minimum atomic E-state index is -4.52. The van der Waals surface area contributed by atoms with Crippen LogP contribution in [0.3, 0.4) is 0 Å². The van der Waals surface area contributed by atoms with Crippen molar-refractivity contribution in [1.29, 1.82) is 0 Å². The average Bonchev–Trinajstić information content (AvgIpc) is 3.43. The average molecular weight is 582 g/mol. The minimum Gasteiger partial charge on any atom is -0.507 e. The van der Waals surface area contributed by atoms with Gasteiger partial charge in [0.1, 0.15) is 18.1 Å². The second kappa shape index (κ2) is 11.4. The fourth-order valence-corrected chi connectivity index (χ4v) is 5.87. The predicted molar refractivity (Wildman–Crippen MR) is 154 cm³/mol. The fourth-order valence-electron chi connectivity index (χ4n) is 4.99. The Kier molecular flexibility index (Phi) is 7.95. The number of phenolic OH excluding ortho intramolecular Hbond substituents is 1. The van der Waals surface area contributed by atoms with Gasteiger partial charge in [-0.15, -0.1) is 11.3 Å². The number of hydrogen-bond donors (Lipinski definition) is 2.